The van der Waals surface area contributed by atoms with E-state index in [4.69, 9.17) is 37.2 Å². The van der Waals surface area contributed by atoms with Crippen LogP contribution in [0.3, 0.4) is 0 Å². The summed E-state index contributed by atoms with van der Waals surface area (Å²) >= 11 is 11.8. The third-order valence-corrected chi connectivity index (χ3v) is 5.83. The fraction of sp³-hybridized carbons (Fsp3) is 0.176. The number of hydrogen-bond donors (Lipinski definition) is 1. The Balaban J connectivity index is 1.79. The van der Waals surface area contributed by atoms with Crippen LogP contribution in [-0.4, -0.2) is 32.8 Å². The van der Waals surface area contributed by atoms with Crippen molar-refractivity contribution in [1.29, 1.82) is 0 Å². The molecule has 3 aromatic rings. The lowest BCUT2D eigenvalue weighted by molar-refractivity contribution is 0.375. The number of aromatic nitrogens is 2. The number of hydrogen-bond acceptors (Lipinski definition) is 7. The Kier molecular flexibility index (Phi) is 6.09. The minimum atomic E-state index is -3.92. The molecule has 0 saturated carbocycles. The third-order valence-electron chi connectivity index (χ3n) is 3.71. The standard InChI is InChI=1S/C17H15Cl2N3O5S/c1-25-11-4-5-12(14(8-11)26-2)17-21-16(27-22-17)9-20-28(23,24)15-7-10(18)3-6-13(15)19/h3-8,20H,9H2,1-2H3. The molecule has 0 radical (unpaired) electrons. The van der Waals surface area contributed by atoms with Crippen LogP contribution in [-0.2, 0) is 16.6 Å². The van der Waals surface area contributed by atoms with Gasteiger partial charge in [0.1, 0.15) is 16.4 Å². The quantitative estimate of drug-likeness (QED) is 0.595. The number of nitrogens with one attached hydrogen (secondary N) is 1. The van der Waals surface area contributed by atoms with Crippen LogP contribution in [0.25, 0.3) is 11.4 Å². The van der Waals surface area contributed by atoms with Gasteiger partial charge in [0, 0.05) is 11.1 Å². The predicted octanol–water partition coefficient (Wildman–Crippen LogP) is 3.54. The maximum absolute atomic E-state index is 12.4. The first-order valence-corrected chi connectivity index (χ1v) is 10.1. The van der Waals surface area contributed by atoms with E-state index in [9.17, 15) is 8.42 Å². The van der Waals surface area contributed by atoms with E-state index in [0.29, 0.717) is 17.1 Å². The molecule has 0 atom stereocenters. The second kappa shape index (κ2) is 8.36. The molecule has 0 aliphatic heterocycles. The highest BCUT2D eigenvalue weighted by atomic mass is 35.5. The second-order valence-electron chi connectivity index (χ2n) is 5.48. The molecule has 0 unspecified atom stereocenters. The molecule has 1 N–H and O–H groups in total. The molecule has 28 heavy (non-hydrogen) atoms. The van der Waals surface area contributed by atoms with Crippen LogP contribution in [0, 0.1) is 0 Å². The number of methoxy groups -OCH3 is 2. The molecule has 1 heterocycles. The first-order chi connectivity index (χ1) is 13.3. The molecule has 11 heteroatoms. The van der Waals surface area contributed by atoms with E-state index in [-0.39, 0.29) is 33.2 Å². The van der Waals surface area contributed by atoms with E-state index in [1.807, 2.05) is 0 Å². The Hall–Kier alpha value is -2.33. The zero-order chi connectivity index (χ0) is 20.3. The predicted molar refractivity (Wildman–Crippen MR) is 103 cm³/mol. The number of benzene rings is 2. The lowest BCUT2D eigenvalue weighted by atomic mass is 10.2. The van der Waals surface area contributed by atoms with Crippen LogP contribution in [0.5, 0.6) is 11.5 Å². The smallest absolute Gasteiger partial charge is 0.242 e. The van der Waals surface area contributed by atoms with Crippen molar-refractivity contribution < 1.29 is 22.4 Å². The highest BCUT2D eigenvalue weighted by Gasteiger charge is 2.20. The molecule has 148 valence electrons. The Morgan fingerprint density at radius 1 is 1.11 bits per heavy atom. The summed E-state index contributed by atoms with van der Waals surface area (Å²) in [4.78, 5) is 4.06. The summed E-state index contributed by atoms with van der Waals surface area (Å²) in [7, 11) is -0.881. The zero-order valence-electron chi connectivity index (χ0n) is 14.8. The van der Waals surface area contributed by atoms with Gasteiger partial charge in [-0.05, 0) is 30.3 Å². The maximum atomic E-state index is 12.4. The molecule has 2 aromatic carbocycles. The van der Waals surface area contributed by atoms with Crippen molar-refractivity contribution in [3.63, 3.8) is 0 Å². The summed E-state index contributed by atoms with van der Waals surface area (Å²) in [6.07, 6.45) is 0. The molecule has 0 saturated heterocycles. The number of ether oxygens (including phenoxy) is 2. The van der Waals surface area contributed by atoms with Crippen molar-refractivity contribution in [3.05, 3.63) is 52.3 Å². The van der Waals surface area contributed by atoms with E-state index in [1.165, 1.54) is 25.3 Å². The van der Waals surface area contributed by atoms with Crippen molar-refractivity contribution in [2.45, 2.75) is 11.4 Å². The molecule has 0 aliphatic carbocycles. The van der Waals surface area contributed by atoms with Gasteiger partial charge in [-0.2, -0.15) is 4.98 Å². The Bertz CT molecular complexity index is 1100. The van der Waals surface area contributed by atoms with E-state index < -0.39 is 10.0 Å². The summed E-state index contributed by atoms with van der Waals surface area (Å²) in [5.74, 6) is 1.40. The normalized spacial score (nSPS) is 11.4. The van der Waals surface area contributed by atoms with Gasteiger partial charge in [0.15, 0.2) is 0 Å². The molecular formula is C17H15Cl2N3O5S. The fourth-order valence-electron chi connectivity index (χ4n) is 2.34. The van der Waals surface area contributed by atoms with Crippen LogP contribution in [0.2, 0.25) is 10.0 Å². The van der Waals surface area contributed by atoms with Gasteiger partial charge in [-0.15, -0.1) is 0 Å². The summed E-state index contributed by atoms with van der Waals surface area (Å²) in [6, 6.07) is 9.26. The van der Waals surface area contributed by atoms with Crippen molar-refractivity contribution in [3.8, 4) is 22.9 Å². The second-order valence-corrected chi connectivity index (χ2v) is 8.06. The van der Waals surface area contributed by atoms with Gasteiger partial charge < -0.3 is 14.0 Å². The first kappa shape index (κ1) is 20.4. The fourth-order valence-corrected chi connectivity index (χ4v) is 4.07. The monoisotopic (exact) mass is 443 g/mol. The van der Waals surface area contributed by atoms with E-state index in [2.05, 4.69) is 14.9 Å². The van der Waals surface area contributed by atoms with Crippen LogP contribution >= 0.6 is 23.2 Å². The summed E-state index contributed by atoms with van der Waals surface area (Å²) in [5.41, 5.74) is 0.569. The van der Waals surface area contributed by atoms with Crippen LogP contribution in [0.4, 0.5) is 0 Å². The first-order valence-electron chi connectivity index (χ1n) is 7.83. The third kappa shape index (κ3) is 4.39. The van der Waals surface area contributed by atoms with E-state index in [0.717, 1.165) is 0 Å². The van der Waals surface area contributed by atoms with E-state index in [1.54, 1.807) is 25.3 Å². The average molecular weight is 444 g/mol. The summed E-state index contributed by atoms with van der Waals surface area (Å²) in [6.45, 7) is -0.226. The number of sulfonamides is 1. The van der Waals surface area contributed by atoms with Gasteiger partial charge >= 0.3 is 0 Å². The van der Waals surface area contributed by atoms with Crippen molar-refractivity contribution in [1.82, 2.24) is 14.9 Å². The molecule has 0 spiro atoms. The van der Waals surface area contributed by atoms with Gasteiger partial charge in [-0.25, -0.2) is 13.1 Å². The van der Waals surface area contributed by atoms with Gasteiger partial charge in [0.25, 0.3) is 0 Å². The highest BCUT2D eigenvalue weighted by molar-refractivity contribution is 7.89. The zero-order valence-corrected chi connectivity index (χ0v) is 17.1. The summed E-state index contributed by atoms with van der Waals surface area (Å²) in [5, 5.41) is 4.16. The molecule has 0 amide bonds. The minimum Gasteiger partial charge on any atom is -0.497 e. The molecule has 1 aromatic heterocycles. The van der Waals surface area contributed by atoms with Gasteiger partial charge in [0.05, 0.1) is 31.4 Å². The average Bonchev–Trinajstić information content (AvgIpc) is 3.16. The Morgan fingerprint density at radius 3 is 2.61 bits per heavy atom. The van der Waals surface area contributed by atoms with Gasteiger partial charge in [-0.3, -0.25) is 0 Å². The lowest BCUT2D eigenvalue weighted by Crippen LogP contribution is -2.23. The van der Waals surface area contributed by atoms with Crippen molar-refractivity contribution in [2.24, 2.45) is 0 Å². The molecule has 3 rings (SSSR count). The number of nitrogens with zero attached hydrogens (tertiary/aromatic N) is 2. The molecule has 8 nitrogen and oxygen atoms in total. The van der Waals surface area contributed by atoms with Crippen LogP contribution in [0.1, 0.15) is 5.89 Å². The van der Waals surface area contributed by atoms with Crippen LogP contribution in [0.15, 0.2) is 45.8 Å². The van der Waals surface area contributed by atoms with Crippen molar-refractivity contribution >= 4 is 33.2 Å². The molecule has 0 fully saturated rings. The van der Waals surface area contributed by atoms with E-state index >= 15 is 0 Å². The molecule has 0 bridgehead atoms. The molecule has 0 aliphatic rings. The number of halogens is 2. The van der Waals surface area contributed by atoms with Gasteiger partial charge in [0.2, 0.25) is 21.7 Å². The molecular weight excluding hydrogens is 429 g/mol. The van der Waals surface area contributed by atoms with Crippen LogP contribution < -0.4 is 14.2 Å². The topological polar surface area (TPSA) is 104 Å². The highest BCUT2D eigenvalue weighted by Crippen LogP contribution is 2.31. The van der Waals surface area contributed by atoms with Gasteiger partial charge in [-0.1, -0.05) is 28.4 Å². The van der Waals surface area contributed by atoms with Crippen molar-refractivity contribution in [2.75, 3.05) is 14.2 Å². The lowest BCUT2D eigenvalue weighted by Gasteiger charge is -2.07. The minimum absolute atomic E-state index is 0.0473. The SMILES string of the molecule is COc1ccc(-c2noc(CNS(=O)(=O)c3cc(Cl)ccc3Cl)n2)c(OC)c1. The Labute approximate surface area is 171 Å². The maximum Gasteiger partial charge on any atom is 0.242 e. The Morgan fingerprint density at radius 2 is 1.89 bits per heavy atom. The summed E-state index contributed by atoms with van der Waals surface area (Å²) < 4.78 is 42.8. The number of rotatable bonds is 7. The largest absolute Gasteiger partial charge is 0.497 e.